The number of amides is 1. The van der Waals surface area contributed by atoms with Gasteiger partial charge in [0.15, 0.2) is 9.84 Å². The summed E-state index contributed by atoms with van der Waals surface area (Å²) in [6.45, 7) is 1.86. The second kappa shape index (κ2) is 9.72. The minimum Gasteiger partial charge on any atom is -0.311 e. The van der Waals surface area contributed by atoms with Crippen molar-refractivity contribution in [3.63, 3.8) is 0 Å². The number of anilines is 1. The molecule has 2 aromatic heterocycles. The zero-order chi connectivity index (χ0) is 24.6. The molecule has 1 aliphatic rings. The Kier molecular flexibility index (Phi) is 6.65. The second-order valence-corrected chi connectivity index (χ2v) is 12.4. The Labute approximate surface area is 213 Å². The number of halogens is 1. The number of rotatable bonds is 7. The van der Waals surface area contributed by atoms with Crippen molar-refractivity contribution in [2.75, 3.05) is 11.1 Å². The summed E-state index contributed by atoms with van der Waals surface area (Å²) in [5.41, 5.74) is 4.48. The lowest BCUT2D eigenvalue weighted by atomic mass is 9.92. The van der Waals surface area contributed by atoms with E-state index in [9.17, 15) is 13.2 Å². The van der Waals surface area contributed by atoms with Gasteiger partial charge in [0, 0.05) is 17.5 Å². The Morgan fingerprint density at radius 2 is 1.83 bits per heavy atom. The van der Waals surface area contributed by atoms with Crippen molar-refractivity contribution in [1.82, 2.24) is 14.8 Å². The molecule has 0 saturated carbocycles. The van der Waals surface area contributed by atoms with E-state index in [4.69, 9.17) is 16.6 Å². The normalized spacial score (nSPS) is 13.7. The van der Waals surface area contributed by atoms with Crippen LogP contribution < -0.4 is 5.32 Å². The molecule has 1 amide bonds. The minimum atomic E-state index is -3.48. The van der Waals surface area contributed by atoms with Gasteiger partial charge in [-0.2, -0.15) is 9.78 Å². The predicted octanol–water partition coefficient (Wildman–Crippen LogP) is 5.52. The van der Waals surface area contributed by atoms with Crippen LogP contribution >= 0.6 is 22.9 Å². The first-order valence-electron chi connectivity index (χ1n) is 11.6. The first-order chi connectivity index (χ1) is 16.8. The number of sulfone groups is 1. The summed E-state index contributed by atoms with van der Waals surface area (Å²) >= 11 is 7.38. The lowest BCUT2D eigenvalue weighted by Crippen LogP contribution is -2.16. The highest BCUT2D eigenvalue weighted by Crippen LogP contribution is 2.32. The lowest BCUT2D eigenvalue weighted by Gasteiger charge is -2.14. The van der Waals surface area contributed by atoms with E-state index in [0.29, 0.717) is 16.0 Å². The molecule has 2 aromatic carbocycles. The van der Waals surface area contributed by atoms with Crippen molar-refractivity contribution in [3.05, 3.63) is 64.3 Å². The van der Waals surface area contributed by atoms with Crippen LogP contribution in [0.2, 0.25) is 5.02 Å². The monoisotopic (exact) mass is 528 g/mol. The topological polar surface area (TPSA) is 94.0 Å². The maximum atomic E-state index is 12.6. The number of carbonyl (C=O) groups excluding carboxylic acids is 1. The maximum Gasteiger partial charge on any atom is 0.225 e. The Hall–Kier alpha value is -2.75. The van der Waals surface area contributed by atoms with E-state index in [1.54, 1.807) is 34.2 Å². The standard InChI is InChI=1S/C25H25ClN4O3S2/c1-16-13-23(28-24(31)7-4-12-35(32,33)20-10-8-19(26)9-11-20)30(29-16)25-27-21-14-17-5-2-3-6-18(17)15-22(21)34-25/h8-11,13-15H,2-7,12H2,1H3,(H,28,31). The average molecular weight is 529 g/mol. The Bertz CT molecular complexity index is 1460. The zero-order valence-electron chi connectivity index (χ0n) is 19.3. The van der Waals surface area contributed by atoms with E-state index in [0.717, 1.165) is 28.8 Å². The molecule has 0 atom stereocenters. The summed E-state index contributed by atoms with van der Waals surface area (Å²) in [5.74, 6) is 0.133. The number of fused-ring (bicyclic) bond motifs is 2. The maximum absolute atomic E-state index is 12.6. The molecule has 0 aliphatic heterocycles. The molecule has 10 heteroatoms. The van der Waals surface area contributed by atoms with Crippen LogP contribution in [0.15, 0.2) is 47.4 Å². The molecular formula is C25H25ClN4O3S2. The molecule has 5 rings (SSSR count). The summed E-state index contributed by atoms with van der Waals surface area (Å²) in [7, 11) is -3.48. The third-order valence-electron chi connectivity index (χ3n) is 6.11. The van der Waals surface area contributed by atoms with Crippen LogP contribution in [0.5, 0.6) is 0 Å². The average Bonchev–Trinajstić information content (AvgIpc) is 3.39. The minimum absolute atomic E-state index is 0.0730. The van der Waals surface area contributed by atoms with Crippen molar-refractivity contribution in [1.29, 1.82) is 0 Å². The van der Waals surface area contributed by atoms with Crippen molar-refractivity contribution in [2.45, 2.75) is 50.3 Å². The highest BCUT2D eigenvalue weighted by atomic mass is 35.5. The summed E-state index contributed by atoms with van der Waals surface area (Å²) in [5, 5.41) is 8.58. The fraction of sp³-hybridized carbons (Fsp3) is 0.320. The molecule has 182 valence electrons. The van der Waals surface area contributed by atoms with Crippen LogP contribution in [-0.2, 0) is 27.5 Å². The van der Waals surface area contributed by atoms with Crippen LogP contribution in [0, 0.1) is 6.92 Å². The number of nitrogens with zero attached hydrogens (tertiary/aromatic N) is 3. The summed E-state index contributed by atoms with van der Waals surface area (Å²) in [6, 6.07) is 12.3. The number of aryl methyl sites for hydroxylation is 3. The molecule has 4 aromatic rings. The molecule has 1 N–H and O–H groups in total. The number of hydrogen-bond donors (Lipinski definition) is 1. The van der Waals surface area contributed by atoms with Gasteiger partial charge in [-0.15, -0.1) is 0 Å². The smallest absolute Gasteiger partial charge is 0.225 e. The lowest BCUT2D eigenvalue weighted by molar-refractivity contribution is -0.116. The molecule has 0 fully saturated rings. The largest absolute Gasteiger partial charge is 0.311 e. The highest BCUT2D eigenvalue weighted by molar-refractivity contribution is 7.91. The summed E-state index contributed by atoms with van der Waals surface area (Å²) in [6.07, 6.45) is 4.91. The molecule has 0 saturated heterocycles. The molecule has 0 unspecified atom stereocenters. The number of aromatic nitrogens is 3. The molecule has 1 aliphatic carbocycles. The van der Waals surface area contributed by atoms with Gasteiger partial charge in [-0.3, -0.25) is 4.79 Å². The SMILES string of the molecule is Cc1cc(NC(=O)CCCS(=O)(=O)c2ccc(Cl)cc2)n(-c2nc3cc4c(cc3s2)CCCC4)n1. The first kappa shape index (κ1) is 24.0. The van der Waals surface area contributed by atoms with Gasteiger partial charge in [0.05, 0.1) is 26.6 Å². The molecular weight excluding hydrogens is 504 g/mol. The number of thiazole rings is 1. The summed E-state index contributed by atoms with van der Waals surface area (Å²) in [4.78, 5) is 17.6. The number of benzene rings is 2. The zero-order valence-corrected chi connectivity index (χ0v) is 21.6. The van der Waals surface area contributed by atoms with Gasteiger partial charge in [-0.05, 0) is 86.6 Å². The van der Waals surface area contributed by atoms with Crippen LogP contribution in [-0.4, -0.2) is 34.8 Å². The van der Waals surface area contributed by atoms with E-state index in [1.165, 1.54) is 36.1 Å². The molecule has 2 heterocycles. The van der Waals surface area contributed by atoms with Gasteiger partial charge in [0.1, 0.15) is 5.82 Å². The Morgan fingerprint density at radius 1 is 1.11 bits per heavy atom. The molecule has 0 bridgehead atoms. The Morgan fingerprint density at radius 3 is 2.57 bits per heavy atom. The number of nitrogens with one attached hydrogen (secondary N) is 1. The third-order valence-corrected chi connectivity index (χ3v) is 9.17. The van der Waals surface area contributed by atoms with Crippen LogP contribution in [0.25, 0.3) is 15.3 Å². The third kappa shape index (κ3) is 5.27. The number of carbonyl (C=O) groups is 1. The van der Waals surface area contributed by atoms with E-state index < -0.39 is 9.84 Å². The van der Waals surface area contributed by atoms with Gasteiger partial charge in [0.2, 0.25) is 11.0 Å². The quantitative estimate of drug-likeness (QED) is 0.341. The van der Waals surface area contributed by atoms with E-state index in [-0.39, 0.29) is 29.4 Å². The van der Waals surface area contributed by atoms with Crippen molar-refractivity contribution >= 4 is 54.7 Å². The van der Waals surface area contributed by atoms with Crippen molar-refractivity contribution in [3.8, 4) is 5.13 Å². The van der Waals surface area contributed by atoms with Crippen LogP contribution in [0.4, 0.5) is 5.82 Å². The highest BCUT2D eigenvalue weighted by Gasteiger charge is 2.18. The Balaban J connectivity index is 1.28. The summed E-state index contributed by atoms with van der Waals surface area (Å²) < 4.78 is 27.8. The molecule has 0 spiro atoms. The molecule has 35 heavy (non-hydrogen) atoms. The fourth-order valence-corrected chi connectivity index (χ4v) is 6.77. The number of hydrogen-bond acceptors (Lipinski definition) is 6. The second-order valence-electron chi connectivity index (χ2n) is 8.80. The van der Waals surface area contributed by atoms with E-state index >= 15 is 0 Å². The van der Waals surface area contributed by atoms with E-state index in [1.807, 2.05) is 6.92 Å². The van der Waals surface area contributed by atoms with Crippen molar-refractivity contribution in [2.24, 2.45) is 0 Å². The predicted molar refractivity (Wildman–Crippen MR) is 139 cm³/mol. The van der Waals surface area contributed by atoms with Crippen LogP contribution in [0.3, 0.4) is 0 Å². The van der Waals surface area contributed by atoms with Gasteiger partial charge in [-0.25, -0.2) is 13.4 Å². The van der Waals surface area contributed by atoms with E-state index in [2.05, 4.69) is 22.5 Å². The van der Waals surface area contributed by atoms with Crippen LogP contribution in [0.1, 0.15) is 42.5 Å². The van der Waals surface area contributed by atoms with Gasteiger partial charge in [0.25, 0.3) is 0 Å². The fourth-order valence-electron chi connectivity index (χ4n) is 4.36. The van der Waals surface area contributed by atoms with Gasteiger partial charge < -0.3 is 5.32 Å². The van der Waals surface area contributed by atoms with Crippen molar-refractivity contribution < 1.29 is 13.2 Å². The molecule has 7 nitrogen and oxygen atoms in total. The van der Waals surface area contributed by atoms with Gasteiger partial charge in [-0.1, -0.05) is 22.9 Å². The first-order valence-corrected chi connectivity index (χ1v) is 14.4. The molecule has 0 radical (unpaired) electrons. The van der Waals surface area contributed by atoms with Gasteiger partial charge >= 0.3 is 0 Å².